The number of carbonyl (C=O) groups is 1. The van der Waals surface area contributed by atoms with Crippen molar-refractivity contribution in [2.24, 2.45) is 0 Å². The number of aliphatic hydroxyl groups is 1. The third-order valence-corrected chi connectivity index (χ3v) is 10.9. The lowest BCUT2D eigenvalue weighted by Gasteiger charge is -2.37. The fourth-order valence-electron chi connectivity index (χ4n) is 7.72. The number of hydrogen-bond acceptors (Lipinski definition) is 10. The van der Waals surface area contributed by atoms with Crippen LogP contribution < -0.4 is 14.8 Å². The minimum atomic E-state index is -1.13. The molecule has 1 saturated heterocycles. The maximum atomic E-state index is 13.1. The lowest BCUT2D eigenvalue weighted by molar-refractivity contribution is -0.0961. The van der Waals surface area contributed by atoms with Crippen molar-refractivity contribution in [2.75, 3.05) is 32.8 Å². The molecule has 59 heavy (non-hydrogen) atoms. The van der Waals surface area contributed by atoms with Gasteiger partial charge in [-0.05, 0) is 59.5 Å². The summed E-state index contributed by atoms with van der Waals surface area (Å²) in [6.45, 7) is 2.64. The minimum absolute atomic E-state index is 0.0120. The summed E-state index contributed by atoms with van der Waals surface area (Å²) in [4.78, 5) is 26.6. The number of rotatable bonds is 20. The van der Waals surface area contributed by atoms with Crippen LogP contribution in [0.25, 0.3) is 11.2 Å². The van der Waals surface area contributed by atoms with Gasteiger partial charge in [0.05, 0.1) is 27.2 Å². The number of nitrogens with zero attached hydrogens (tertiary/aromatic N) is 4. The third kappa shape index (κ3) is 9.31. The van der Waals surface area contributed by atoms with Crippen LogP contribution in [-0.4, -0.2) is 76.3 Å². The summed E-state index contributed by atoms with van der Waals surface area (Å²) in [6.07, 6.45) is 7.33. The number of unbranched alkanes of at least 4 members (excludes halogenated alkanes) is 6. The Morgan fingerprint density at radius 3 is 1.98 bits per heavy atom. The number of imidazole rings is 1. The molecule has 0 bridgehead atoms. The van der Waals surface area contributed by atoms with Gasteiger partial charge in [-0.3, -0.25) is 9.36 Å². The van der Waals surface area contributed by atoms with Gasteiger partial charge < -0.3 is 34.1 Å². The molecule has 0 radical (unpaired) electrons. The summed E-state index contributed by atoms with van der Waals surface area (Å²) in [6, 6.07) is 34.5. The van der Waals surface area contributed by atoms with E-state index in [1.54, 1.807) is 49.4 Å². The molecule has 308 valence electrons. The second kappa shape index (κ2) is 19.9. The maximum Gasteiger partial charge on any atom is 0.256 e. The SMILES string of the molecule is CCCCCCCCCO[C@@H]1[C@H](O)[C@@H](COC(c2ccccc2)(c2ccc(OC)cc2)c2ccc(OC)cc2)O[C@H]1n1cnc2c(NC(=O)c3ccccc3)ncnc21. The second-order valence-electron chi connectivity index (χ2n) is 14.7. The van der Waals surface area contributed by atoms with E-state index < -0.39 is 30.1 Å². The van der Waals surface area contributed by atoms with Gasteiger partial charge in [-0.2, -0.15) is 0 Å². The Morgan fingerprint density at radius 1 is 0.763 bits per heavy atom. The molecule has 0 saturated carbocycles. The van der Waals surface area contributed by atoms with Crippen LogP contribution in [0, 0.1) is 0 Å². The Kier molecular flexibility index (Phi) is 14.0. The molecular formula is C47H53N5O7. The maximum absolute atomic E-state index is 13.1. The smallest absolute Gasteiger partial charge is 0.256 e. The number of amides is 1. The van der Waals surface area contributed by atoms with E-state index in [4.69, 9.17) is 23.7 Å². The molecule has 0 spiro atoms. The first-order valence-corrected chi connectivity index (χ1v) is 20.4. The summed E-state index contributed by atoms with van der Waals surface area (Å²) in [5.74, 6) is 1.36. The van der Waals surface area contributed by atoms with Gasteiger partial charge in [0.2, 0.25) is 0 Å². The van der Waals surface area contributed by atoms with Crippen LogP contribution in [0.4, 0.5) is 5.82 Å². The van der Waals surface area contributed by atoms with Crippen molar-refractivity contribution in [3.05, 3.63) is 144 Å². The summed E-state index contributed by atoms with van der Waals surface area (Å²) in [7, 11) is 3.27. The molecule has 1 aliphatic heterocycles. The quantitative estimate of drug-likeness (QED) is 0.0571. The fourth-order valence-corrected chi connectivity index (χ4v) is 7.72. The van der Waals surface area contributed by atoms with Crippen molar-refractivity contribution < 1.29 is 33.6 Å². The number of hydrogen-bond donors (Lipinski definition) is 2. The zero-order valence-electron chi connectivity index (χ0n) is 33.9. The highest BCUT2D eigenvalue weighted by molar-refractivity contribution is 6.06. The fraction of sp³-hybridized carbons (Fsp3) is 0.362. The number of anilines is 1. The van der Waals surface area contributed by atoms with E-state index >= 15 is 0 Å². The van der Waals surface area contributed by atoms with Crippen molar-refractivity contribution in [1.29, 1.82) is 0 Å². The Morgan fingerprint density at radius 2 is 1.36 bits per heavy atom. The molecule has 4 atom stereocenters. The van der Waals surface area contributed by atoms with E-state index in [2.05, 4.69) is 27.2 Å². The van der Waals surface area contributed by atoms with Gasteiger partial charge in [-0.25, -0.2) is 15.0 Å². The lowest BCUT2D eigenvalue weighted by Crippen LogP contribution is -2.40. The van der Waals surface area contributed by atoms with Crippen LogP contribution in [0.3, 0.4) is 0 Å². The van der Waals surface area contributed by atoms with E-state index in [-0.39, 0.29) is 18.3 Å². The summed E-state index contributed by atoms with van der Waals surface area (Å²) < 4.78 is 33.2. The monoisotopic (exact) mass is 799 g/mol. The zero-order valence-corrected chi connectivity index (χ0v) is 33.9. The number of aliphatic hydroxyl groups excluding tert-OH is 1. The number of methoxy groups -OCH3 is 2. The molecule has 3 heterocycles. The van der Waals surface area contributed by atoms with Gasteiger partial charge in [0.25, 0.3) is 5.91 Å². The minimum Gasteiger partial charge on any atom is -0.497 e. The average Bonchev–Trinajstić information content (AvgIpc) is 3.86. The largest absolute Gasteiger partial charge is 0.497 e. The van der Waals surface area contributed by atoms with E-state index in [1.807, 2.05) is 84.9 Å². The number of nitrogens with one attached hydrogen (secondary N) is 1. The van der Waals surface area contributed by atoms with E-state index in [9.17, 15) is 9.90 Å². The van der Waals surface area contributed by atoms with Crippen molar-refractivity contribution in [3.8, 4) is 11.5 Å². The number of fused-ring (bicyclic) bond motifs is 1. The number of carbonyl (C=O) groups excluding carboxylic acids is 1. The molecule has 2 aromatic heterocycles. The van der Waals surface area contributed by atoms with Crippen LogP contribution in [0.5, 0.6) is 11.5 Å². The van der Waals surface area contributed by atoms with Gasteiger partial charge in [0.15, 0.2) is 23.2 Å². The van der Waals surface area contributed by atoms with Crippen LogP contribution in [0.2, 0.25) is 0 Å². The normalized spacial score (nSPS) is 17.9. The van der Waals surface area contributed by atoms with E-state index in [0.717, 1.165) is 36.0 Å². The van der Waals surface area contributed by atoms with Crippen molar-refractivity contribution >= 4 is 22.9 Å². The molecule has 1 aliphatic rings. The molecular weight excluding hydrogens is 747 g/mol. The molecule has 12 nitrogen and oxygen atoms in total. The van der Waals surface area contributed by atoms with Crippen molar-refractivity contribution in [1.82, 2.24) is 19.5 Å². The van der Waals surface area contributed by atoms with Crippen LogP contribution in [0.15, 0.2) is 122 Å². The first kappa shape index (κ1) is 41.5. The topological polar surface area (TPSA) is 139 Å². The highest BCUT2D eigenvalue weighted by Crippen LogP contribution is 2.43. The number of benzene rings is 4. The zero-order chi connectivity index (χ0) is 41.0. The highest BCUT2D eigenvalue weighted by atomic mass is 16.6. The first-order chi connectivity index (χ1) is 29.0. The molecule has 2 N–H and O–H groups in total. The molecule has 0 unspecified atom stereocenters. The Bertz CT molecular complexity index is 2170. The molecule has 12 heteroatoms. The summed E-state index contributed by atoms with van der Waals surface area (Å²) >= 11 is 0. The molecule has 7 rings (SSSR count). The first-order valence-electron chi connectivity index (χ1n) is 20.4. The van der Waals surface area contributed by atoms with Crippen molar-refractivity contribution in [3.63, 3.8) is 0 Å². The number of ether oxygens (including phenoxy) is 5. The Labute approximate surface area is 345 Å². The van der Waals surface area contributed by atoms with Gasteiger partial charge in [0, 0.05) is 12.2 Å². The Balaban J connectivity index is 1.20. The van der Waals surface area contributed by atoms with Crippen LogP contribution in [0.1, 0.15) is 85.1 Å². The Hall–Kier alpha value is -5.66. The van der Waals surface area contributed by atoms with Gasteiger partial charge in [0.1, 0.15) is 41.7 Å². The third-order valence-electron chi connectivity index (χ3n) is 10.9. The molecule has 1 amide bonds. The summed E-state index contributed by atoms with van der Waals surface area (Å²) in [5.41, 5.74) is 2.74. The molecule has 1 fully saturated rings. The van der Waals surface area contributed by atoms with Crippen molar-refractivity contribution in [2.45, 2.75) is 82.0 Å². The lowest BCUT2D eigenvalue weighted by atomic mass is 9.80. The average molecular weight is 800 g/mol. The van der Waals surface area contributed by atoms with Gasteiger partial charge >= 0.3 is 0 Å². The summed E-state index contributed by atoms with van der Waals surface area (Å²) in [5, 5.41) is 15.0. The highest BCUT2D eigenvalue weighted by Gasteiger charge is 2.48. The predicted octanol–water partition coefficient (Wildman–Crippen LogP) is 8.50. The predicted molar refractivity (Wildman–Crippen MR) is 226 cm³/mol. The van der Waals surface area contributed by atoms with E-state index in [0.29, 0.717) is 34.8 Å². The van der Waals surface area contributed by atoms with Crippen LogP contribution >= 0.6 is 0 Å². The molecule has 4 aromatic carbocycles. The van der Waals surface area contributed by atoms with Crippen LogP contribution in [-0.2, 0) is 19.8 Å². The van der Waals surface area contributed by atoms with E-state index in [1.165, 1.54) is 32.0 Å². The molecule has 6 aromatic rings. The van der Waals surface area contributed by atoms with Gasteiger partial charge in [-0.1, -0.05) is 118 Å². The second-order valence-corrected chi connectivity index (χ2v) is 14.7. The standard InChI is InChI=1S/C47H53N5O7/c1-4-5-6-7-8-9-16-29-57-42-41(53)39(59-46(42)52-32-50-40-43(48-31-49-44(40)52)51-45(54)33-17-12-10-13-18-33)30-58-47(34-19-14-11-15-20-34,35-21-25-37(55-2)26-22-35)36-23-27-38(56-3)28-24-36/h10-15,17-28,31-32,39,41-42,46,53H,4-9,16,29-30H2,1-3H3,(H,48,49,51,54)/t39-,41-,42-,46-/m1/s1. The number of aromatic nitrogens is 4. The van der Waals surface area contributed by atoms with Gasteiger partial charge in [-0.15, -0.1) is 0 Å². The molecule has 0 aliphatic carbocycles.